The summed E-state index contributed by atoms with van der Waals surface area (Å²) in [7, 11) is 0. The van der Waals surface area contributed by atoms with Gasteiger partial charge >= 0.3 is 12.3 Å². The largest absolute Gasteiger partial charge is 0.375 e. The van der Waals surface area contributed by atoms with Gasteiger partial charge in [0.2, 0.25) is 0 Å². The molecule has 4 aromatic rings. The summed E-state index contributed by atoms with van der Waals surface area (Å²) in [4.78, 5) is 27.1. The second-order valence-electron chi connectivity index (χ2n) is 6.59. The molecule has 0 radical (unpaired) electrons. The van der Waals surface area contributed by atoms with Crippen LogP contribution in [-0.4, -0.2) is 38.2 Å². The van der Waals surface area contributed by atoms with Gasteiger partial charge in [0.1, 0.15) is 5.69 Å². The minimum atomic E-state index is -3.24. The number of benzene rings is 2. The summed E-state index contributed by atoms with van der Waals surface area (Å²) in [5, 5.41) is 9.04. The number of carbonyl (C=O) groups excluding carboxylic acids is 2. The van der Waals surface area contributed by atoms with E-state index in [1.165, 1.54) is 23.5 Å². The summed E-state index contributed by atoms with van der Waals surface area (Å²) in [5.41, 5.74) is 12.3. The number of aromatic nitrogens is 4. The molecule has 4 rings (SSSR count). The Morgan fingerprint density at radius 2 is 2.00 bits per heavy atom. The Hall–Kier alpha value is -3.64. The number of nitrogens with one attached hydrogen (secondary N) is 2. The zero-order chi connectivity index (χ0) is 22.8. The van der Waals surface area contributed by atoms with Crippen LogP contribution in [0.3, 0.4) is 0 Å². The van der Waals surface area contributed by atoms with E-state index in [1.807, 2.05) is 23.6 Å². The average Bonchev–Trinajstić information content (AvgIpc) is 3.37. The highest BCUT2D eigenvalue weighted by atomic mass is 35.5. The van der Waals surface area contributed by atoms with Gasteiger partial charge in [-0.05, 0) is 29.8 Å². The molecule has 2 aromatic carbocycles. The molecule has 0 aliphatic carbocycles. The lowest BCUT2D eigenvalue weighted by atomic mass is 10.1. The molecule has 2 heterocycles. The van der Waals surface area contributed by atoms with E-state index in [9.17, 15) is 18.4 Å². The van der Waals surface area contributed by atoms with Crippen LogP contribution in [0.25, 0.3) is 21.5 Å². The maximum Gasteiger partial charge on any atom is 0.317 e. The molecule has 164 valence electrons. The van der Waals surface area contributed by atoms with Gasteiger partial charge in [0.25, 0.3) is 5.91 Å². The number of fused-ring (bicyclic) bond motifs is 1. The first-order chi connectivity index (χ1) is 15.3. The van der Waals surface area contributed by atoms with Gasteiger partial charge in [-0.1, -0.05) is 40.3 Å². The SMILES string of the molecule is Nc1nc2ccc(-c3cn(Cc4ccc(C(=O)NNC(=O)C(F)F)cc4Cl)nn3)cc2s1. The van der Waals surface area contributed by atoms with Crippen molar-refractivity contribution >= 4 is 50.1 Å². The van der Waals surface area contributed by atoms with E-state index in [0.29, 0.717) is 16.4 Å². The zero-order valence-electron chi connectivity index (χ0n) is 16.1. The Morgan fingerprint density at radius 1 is 1.19 bits per heavy atom. The summed E-state index contributed by atoms with van der Waals surface area (Å²) in [6, 6.07) is 10.1. The van der Waals surface area contributed by atoms with E-state index in [1.54, 1.807) is 22.4 Å². The lowest BCUT2D eigenvalue weighted by Gasteiger charge is -2.09. The van der Waals surface area contributed by atoms with E-state index < -0.39 is 18.2 Å². The van der Waals surface area contributed by atoms with Crippen LogP contribution >= 0.6 is 22.9 Å². The predicted octanol–water partition coefficient (Wildman–Crippen LogP) is 2.86. The molecule has 0 aliphatic heterocycles. The van der Waals surface area contributed by atoms with Crippen molar-refractivity contribution in [1.82, 2.24) is 30.8 Å². The monoisotopic (exact) mass is 477 g/mol. The van der Waals surface area contributed by atoms with Gasteiger partial charge in [-0.3, -0.25) is 20.4 Å². The summed E-state index contributed by atoms with van der Waals surface area (Å²) in [6.07, 6.45) is -1.49. The molecule has 4 N–H and O–H groups in total. The smallest absolute Gasteiger partial charge is 0.317 e. The van der Waals surface area contributed by atoms with Crippen LogP contribution in [0.4, 0.5) is 13.9 Å². The van der Waals surface area contributed by atoms with E-state index in [4.69, 9.17) is 17.3 Å². The molecule has 0 spiro atoms. The normalized spacial score (nSPS) is 11.1. The molecule has 0 bridgehead atoms. The van der Waals surface area contributed by atoms with E-state index in [2.05, 4.69) is 15.3 Å². The molecule has 2 aromatic heterocycles. The number of nitrogens with two attached hydrogens (primary N) is 1. The average molecular weight is 478 g/mol. The molecule has 0 fully saturated rings. The van der Waals surface area contributed by atoms with Gasteiger partial charge in [-0.2, -0.15) is 8.78 Å². The topological polar surface area (TPSA) is 128 Å². The third-order valence-electron chi connectivity index (χ3n) is 4.38. The number of thiazole rings is 1. The van der Waals surface area contributed by atoms with Gasteiger partial charge < -0.3 is 5.73 Å². The quantitative estimate of drug-likeness (QED) is 0.379. The molecule has 2 amide bonds. The Bertz CT molecular complexity index is 1320. The molecule has 13 heteroatoms. The van der Waals surface area contributed by atoms with Crippen molar-refractivity contribution in [3.8, 4) is 11.3 Å². The fourth-order valence-corrected chi connectivity index (χ4v) is 3.86. The molecule has 32 heavy (non-hydrogen) atoms. The van der Waals surface area contributed by atoms with Gasteiger partial charge in [-0.15, -0.1) is 5.10 Å². The molecule has 0 atom stereocenters. The lowest BCUT2D eigenvalue weighted by Crippen LogP contribution is -2.44. The molecule has 0 aliphatic rings. The highest BCUT2D eigenvalue weighted by Crippen LogP contribution is 2.28. The first kappa shape index (κ1) is 21.6. The molecule has 0 saturated carbocycles. The maximum atomic E-state index is 12.2. The number of nitrogen functional groups attached to an aromatic ring is 1. The van der Waals surface area contributed by atoms with Gasteiger partial charge in [0.15, 0.2) is 5.13 Å². The number of anilines is 1. The third-order valence-corrected chi connectivity index (χ3v) is 5.58. The molecule has 0 unspecified atom stereocenters. The van der Waals surface area contributed by atoms with E-state index >= 15 is 0 Å². The van der Waals surface area contributed by atoms with Crippen LogP contribution in [0, 0.1) is 0 Å². The number of amides is 2. The molecule has 0 saturated heterocycles. The summed E-state index contributed by atoms with van der Waals surface area (Å²) < 4.78 is 26.9. The van der Waals surface area contributed by atoms with Crippen molar-refractivity contribution in [2.24, 2.45) is 0 Å². The standard InChI is InChI=1S/C19H14ClF2N7O2S/c20-12-5-10(17(30)26-27-18(31)16(21)22)1-2-11(12)7-29-8-14(25-28-29)9-3-4-13-15(6-9)32-19(23)24-13/h1-6,8,16H,7H2,(H2,23,24)(H,26,30)(H,27,31). The highest BCUT2D eigenvalue weighted by Gasteiger charge is 2.17. The van der Waals surface area contributed by atoms with Crippen molar-refractivity contribution in [2.45, 2.75) is 13.0 Å². The minimum Gasteiger partial charge on any atom is -0.375 e. The summed E-state index contributed by atoms with van der Waals surface area (Å²) in [5.74, 6) is -2.39. The Kier molecular flexibility index (Phi) is 5.97. The molecular formula is C19H14ClF2N7O2S. The molecule has 9 nitrogen and oxygen atoms in total. The summed E-state index contributed by atoms with van der Waals surface area (Å²) >= 11 is 7.65. The number of halogens is 3. The van der Waals surface area contributed by atoms with Crippen LogP contribution in [0.15, 0.2) is 42.6 Å². The van der Waals surface area contributed by atoms with Gasteiger partial charge in [0, 0.05) is 16.1 Å². The van der Waals surface area contributed by atoms with Crippen LogP contribution < -0.4 is 16.6 Å². The Morgan fingerprint density at radius 3 is 2.75 bits per heavy atom. The number of nitrogens with zero attached hydrogens (tertiary/aromatic N) is 4. The number of hydrazine groups is 1. The predicted molar refractivity (Wildman–Crippen MR) is 115 cm³/mol. The van der Waals surface area contributed by atoms with Crippen molar-refractivity contribution in [3.63, 3.8) is 0 Å². The number of alkyl halides is 2. The van der Waals surface area contributed by atoms with Gasteiger partial charge in [-0.25, -0.2) is 9.67 Å². The lowest BCUT2D eigenvalue weighted by molar-refractivity contribution is -0.132. The fourth-order valence-electron chi connectivity index (χ4n) is 2.85. The van der Waals surface area contributed by atoms with Crippen molar-refractivity contribution in [3.05, 3.63) is 58.7 Å². The first-order valence-corrected chi connectivity index (χ1v) is 10.2. The highest BCUT2D eigenvalue weighted by molar-refractivity contribution is 7.22. The second kappa shape index (κ2) is 8.85. The number of hydrogen-bond acceptors (Lipinski definition) is 7. The number of rotatable bonds is 5. The Balaban J connectivity index is 1.45. The first-order valence-electron chi connectivity index (χ1n) is 9.03. The van der Waals surface area contributed by atoms with Gasteiger partial charge in [0.05, 0.1) is 23.0 Å². The third kappa shape index (κ3) is 4.65. The zero-order valence-corrected chi connectivity index (χ0v) is 17.6. The second-order valence-corrected chi connectivity index (χ2v) is 8.06. The van der Waals surface area contributed by atoms with Crippen LogP contribution in [0.1, 0.15) is 15.9 Å². The van der Waals surface area contributed by atoms with Crippen LogP contribution in [0.5, 0.6) is 0 Å². The fraction of sp³-hybridized carbons (Fsp3) is 0.105. The summed E-state index contributed by atoms with van der Waals surface area (Å²) in [6.45, 7) is 0.283. The Labute approximate surface area is 188 Å². The van der Waals surface area contributed by atoms with Crippen molar-refractivity contribution in [1.29, 1.82) is 0 Å². The number of hydrogen-bond donors (Lipinski definition) is 3. The van der Waals surface area contributed by atoms with Crippen molar-refractivity contribution < 1.29 is 18.4 Å². The van der Waals surface area contributed by atoms with Crippen LogP contribution in [0.2, 0.25) is 5.02 Å². The number of carbonyl (C=O) groups is 2. The molecular weight excluding hydrogens is 464 g/mol. The minimum absolute atomic E-state index is 0.0877. The van der Waals surface area contributed by atoms with Crippen LogP contribution in [-0.2, 0) is 11.3 Å². The van der Waals surface area contributed by atoms with E-state index in [-0.39, 0.29) is 17.1 Å². The van der Waals surface area contributed by atoms with E-state index in [0.717, 1.165) is 15.8 Å². The van der Waals surface area contributed by atoms with Crippen molar-refractivity contribution in [2.75, 3.05) is 5.73 Å². The maximum absolute atomic E-state index is 12.2.